The van der Waals surface area contributed by atoms with Gasteiger partial charge in [0.25, 0.3) is 0 Å². The first-order valence-electron chi connectivity index (χ1n) is 9.41. The van der Waals surface area contributed by atoms with Crippen molar-refractivity contribution in [3.05, 3.63) is 48.2 Å². The van der Waals surface area contributed by atoms with Crippen LogP contribution in [0, 0.1) is 11.3 Å². The van der Waals surface area contributed by atoms with E-state index in [1.54, 1.807) is 24.3 Å². The number of fused-ring (bicyclic) bond motifs is 1. The summed E-state index contributed by atoms with van der Waals surface area (Å²) in [5.41, 5.74) is 2.26. The number of nitrogens with zero attached hydrogens (tertiary/aromatic N) is 2. The van der Waals surface area contributed by atoms with Crippen LogP contribution in [0.15, 0.2) is 42.6 Å². The molecule has 0 saturated heterocycles. The molecule has 160 valence electrons. The highest BCUT2D eigenvalue weighted by molar-refractivity contribution is 6.01. The van der Waals surface area contributed by atoms with Crippen molar-refractivity contribution < 1.29 is 23.0 Å². The van der Waals surface area contributed by atoms with Crippen molar-refractivity contribution in [2.75, 3.05) is 17.2 Å². The summed E-state index contributed by atoms with van der Waals surface area (Å²) in [7, 11) is 0. The minimum atomic E-state index is -3.29. The number of nitriles is 1. The first kappa shape index (κ1) is 21.8. The van der Waals surface area contributed by atoms with Crippen molar-refractivity contribution in [1.82, 2.24) is 4.98 Å². The standard InChI is InChI=1S/C22H20F2N4O3/c1-4-30-20-10-18-17(9-19(20)27-13(2)29)21(14(11-25)12-26-18)28-15-5-7-16(8-6-15)31-22(3,23)24/h5-10,12H,4H2,1-3H3,(H,26,28)(H,27,29). The van der Waals surface area contributed by atoms with E-state index < -0.39 is 6.11 Å². The number of nitrogens with one attached hydrogen (secondary N) is 2. The molecule has 0 fully saturated rings. The number of aromatic nitrogens is 1. The van der Waals surface area contributed by atoms with Crippen LogP contribution in [0.3, 0.4) is 0 Å². The molecule has 1 amide bonds. The lowest BCUT2D eigenvalue weighted by atomic mass is 10.1. The summed E-state index contributed by atoms with van der Waals surface area (Å²) in [5, 5.41) is 16.0. The molecule has 1 heterocycles. The van der Waals surface area contributed by atoms with Crippen LogP contribution in [0.1, 0.15) is 26.3 Å². The van der Waals surface area contributed by atoms with E-state index in [0.717, 1.165) is 0 Å². The van der Waals surface area contributed by atoms with Crippen LogP contribution >= 0.6 is 0 Å². The summed E-state index contributed by atoms with van der Waals surface area (Å²) < 4.78 is 36.2. The zero-order valence-electron chi connectivity index (χ0n) is 17.1. The van der Waals surface area contributed by atoms with Crippen molar-refractivity contribution in [3.63, 3.8) is 0 Å². The molecule has 9 heteroatoms. The Morgan fingerprint density at radius 1 is 1.26 bits per heavy atom. The zero-order chi connectivity index (χ0) is 22.6. The van der Waals surface area contributed by atoms with Gasteiger partial charge < -0.3 is 20.1 Å². The molecule has 3 rings (SSSR count). The molecule has 0 spiro atoms. The number of carbonyl (C=O) groups is 1. The highest BCUT2D eigenvalue weighted by Gasteiger charge is 2.23. The third-order valence-electron chi connectivity index (χ3n) is 4.12. The summed E-state index contributed by atoms with van der Waals surface area (Å²) >= 11 is 0. The second-order valence-electron chi connectivity index (χ2n) is 6.70. The maximum Gasteiger partial charge on any atom is 0.394 e. The second kappa shape index (κ2) is 8.83. The van der Waals surface area contributed by atoms with Crippen LogP contribution in [0.4, 0.5) is 25.8 Å². The Hall–Kier alpha value is -3.93. The Balaban J connectivity index is 2.05. The van der Waals surface area contributed by atoms with Gasteiger partial charge in [-0.05, 0) is 37.3 Å². The summed E-state index contributed by atoms with van der Waals surface area (Å²) in [6, 6.07) is 11.3. The van der Waals surface area contributed by atoms with Gasteiger partial charge in [0.2, 0.25) is 5.91 Å². The number of hydrogen-bond donors (Lipinski definition) is 2. The lowest BCUT2D eigenvalue weighted by Gasteiger charge is -2.16. The van der Waals surface area contributed by atoms with Crippen LogP contribution in [0.5, 0.6) is 11.5 Å². The van der Waals surface area contributed by atoms with E-state index in [1.165, 1.54) is 25.3 Å². The number of alkyl halides is 2. The maximum atomic E-state index is 13.0. The molecule has 0 aliphatic carbocycles. The first-order valence-corrected chi connectivity index (χ1v) is 9.41. The molecule has 0 bridgehead atoms. The SMILES string of the molecule is CCOc1cc2ncc(C#N)c(Nc3ccc(OC(C)(F)F)cc3)c2cc1NC(C)=O. The second-order valence-corrected chi connectivity index (χ2v) is 6.70. The quantitative estimate of drug-likeness (QED) is 0.539. The van der Waals surface area contributed by atoms with E-state index in [1.807, 2.05) is 6.92 Å². The van der Waals surface area contributed by atoms with Gasteiger partial charge >= 0.3 is 6.11 Å². The third-order valence-corrected chi connectivity index (χ3v) is 4.12. The Bertz CT molecular complexity index is 1150. The van der Waals surface area contributed by atoms with Gasteiger partial charge in [0, 0.05) is 37.2 Å². The molecule has 0 atom stereocenters. The molecule has 7 nitrogen and oxygen atoms in total. The molecule has 0 saturated carbocycles. The minimum absolute atomic E-state index is 0.00689. The molecule has 2 N–H and O–H groups in total. The zero-order valence-corrected chi connectivity index (χ0v) is 17.1. The van der Waals surface area contributed by atoms with Gasteiger partial charge in [-0.2, -0.15) is 14.0 Å². The summed E-state index contributed by atoms with van der Waals surface area (Å²) in [6.07, 6.45) is -1.86. The summed E-state index contributed by atoms with van der Waals surface area (Å²) in [6.45, 7) is 4.25. The van der Waals surface area contributed by atoms with Crippen molar-refractivity contribution in [1.29, 1.82) is 5.26 Å². The monoisotopic (exact) mass is 426 g/mol. The molecule has 0 aliphatic rings. The van der Waals surface area contributed by atoms with E-state index in [0.29, 0.717) is 47.2 Å². The van der Waals surface area contributed by atoms with Crippen molar-refractivity contribution >= 4 is 33.9 Å². The highest BCUT2D eigenvalue weighted by atomic mass is 19.3. The molecular weight excluding hydrogens is 406 g/mol. The molecule has 3 aromatic rings. The smallest absolute Gasteiger partial charge is 0.394 e. The van der Waals surface area contributed by atoms with Gasteiger partial charge in [-0.3, -0.25) is 9.78 Å². The van der Waals surface area contributed by atoms with Gasteiger partial charge in [0.15, 0.2) is 0 Å². The number of anilines is 3. The molecule has 0 radical (unpaired) electrons. The molecular formula is C22H20F2N4O3. The topological polar surface area (TPSA) is 96.3 Å². The number of ether oxygens (including phenoxy) is 2. The van der Waals surface area contributed by atoms with Crippen LogP contribution in [-0.2, 0) is 4.79 Å². The number of rotatable bonds is 7. The number of pyridine rings is 1. The number of halogens is 2. The third kappa shape index (κ3) is 5.36. The fraction of sp³-hybridized carbons (Fsp3) is 0.227. The fourth-order valence-corrected chi connectivity index (χ4v) is 2.96. The van der Waals surface area contributed by atoms with E-state index >= 15 is 0 Å². The normalized spacial score (nSPS) is 11.0. The van der Waals surface area contributed by atoms with Crippen LogP contribution < -0.4 is 20.1 Å². The average molecular weight is 426 g/mol. The highest BCUT2D eigenvalue weighted by Crippen LogP contribution is 2.36. The number of amides is 1. The van der Waals surface area contributed by atoms with Crippen molar-refractivity contribution in [2.45, 2.75) is 26.9 Å². The predicted molar refractivity (Wildman–Crippen MR) is 113 cm³/mol. The maximum absolute atomic E-state index is 13.0. The Labute approximate surface area is 177 Å². The average Bonchev–Trinajstić information content (AvgIpc) is 2.69. The molecule has 31 heavy (non-hydrogen) atoms. The lowest BCUT2D eigenvalue weighted by Crippen LogP contribution is -2.18. The van der Waals surface area contributed by atoms with Crippen LogP contribution in [0.2, 0.25) is 0 Å². The van der Waals surface area contributed by atoms with Gasteiger partial charge in [0.1, 0.15) is 17.6 Å². The van der Waals surface area contributed by atoms with Gasteiger partial charge in [-0.1, -0.05) is 0 Å². The first-order chi connectivity index (χ1) is 14.7. The fourth-order valence-electron chi connectivity index (χ4n) is 2.96. The Morgan fingerprint density at radius 3 is 2.55 bits per heavy atom. The van der Waals surface area contributed by atoms with Crippen molar-refractivity contribution in [2.24, 2.45) is 0 Å². The summed E-state index contributed by atoms with van der Waals surface area (Å²) in [4.78, 5) is 15.9. The van der Waals surface area contributed by atoms with Gasteiger partial charge in [-0.25, -0.2) is 0 Å². The summed E-state index contributed by atoms with van der Waals surface area (Å²) in [5.74, 6) is 0.185. The van der Waals surface area contributed by atoms with Gasteiger partial charge in [-0.15, -0.1) is 0 Å². The molecule has 1 aromatic heterocycles. The van der Waals surface area contributed by atoms with E-state index in [9.17, 15) is 18.8 Å². The number of benzene rings is 2. The Kier molecular flexibility index (Phi) is 6.20. The molecule has 0 aliphatic heterocycles. The number of carbonyl (C=O) groups excluding carboxylic acids is 1. The van der Waals surface area contributed by atoms with Crippen LogP contribution in [0.25, 0.3) is 10.9 Å². The van der Waals surface area contributed by atoms with E-state index in [4.69, 9.17) is 4.74 Å². The van der Waals surface area contributed by atoms with Gasteiger partial charge in [0.05, 0.1) is 29.1 Å². The van der Waals surface area contributed by atoms with Crippen LogP contribution in [-0.4, -0.2) is 23.6 Å². The predicted octanol–water partition coefficient (Wildman–Crippen LogP) is 5.20. The van der Waals surface area contributed by atoms with E-state index in [2.05, 4.69) is 26.4 Å². The largest absolute Gasteiger partial charge is 0.492 e. The molecule has 0 unspecified atom stereocenters. The lowest BCUT2D eigenvalue weighted by molar-refractivity contribution is -0.158. The van der Waals surface area contributed by atoms with E-state index in [-0.39, 0.29) is 17.2 Å². The molecule has 2 aromatic carbocycles. The van der Waals surface area contributed by atoms with Crippen molar-refractivity contribution in [3.8, 4) is 17.6 Å². The number of hydrogen-bond acceptors (Lipinski definition) is 6. The minimum Gasteiger partial charge on any atom is -0.492 e. The Morgan fingerprint density at radius 2 is 1.97 bits per heavy atom.